The van der Waals surface area contributed by atoms with E-state index in [1.807, 2.05) is 24.5 Å². The number of carbonyl (C=O) groups is 1. The standard InChI is InChI=1S/C17H22N4O2S/c1-21(10-11-4-5-15(24-3)14(8-11)23-2)17(22)16-12-9-18-7-6-13(12)19-20-16/h4-5,8,18H,6-7,9-10H2,1-3H3,(H,19,20). The molecule has 24 heavy (non-hydrogen) atoms. The van der Waals surface area contributed by atoms with Crippen LogP contribution in [0.2, 0.25) is 0 Å². The lowest BCUT2D eigenvalue weighted by Gasteiger charge is -2.19. The number of amides is 1. The molecule has 3 rings (SSSR count). The number of aromatic nitrogens is 2. The third kappa shape index (κ3) is 3.27. The van der Waals surface area contributed by atoms with E-state index in [2.05, 4.69) is 15.5 Å². The second kappa shape index (κ2) is 7.27. The molecule has 0 fully saturated rings. The van der Waals surface area contributed by atoms with Crippen LogP contribution in [0, 0.1) is 0 Å². The van der Waals surface area contributed by atoms with Crippen molar-refractivity contribution in [3.8, 4) is 5.75 Å². The summed E-state index contributed by atoms with van der Waals surface area (Å²) in [6.45, 7) is 2.12. The summed E-state index contributed by atoms with van der Waals surface area (Å²) in [6.07, 6.45) is 2.90. The van der Waals surface area contributed by atoms with E-state index in [-0.39, 0.29) is 5.91 Å². The van der Waals surface area contributed by atoms with Crippen molar-refractivity contribution in [3.63, 3.8) is 0 Å². The molecule has 2 heterocycles. The average molecular weight is 346 g/mol. The van der Waals surface area contributed by atoms with Gasteiger partial charge < -0.3 is 15.0 Å². The molecule has 7 heteroatoms. The Balaban J connectivity index is 1.76. The minimum atomic E-state index is -0.0656. The van der Waals surface area contributed by atoms with Crippen molar-refractivity contribution in [1.82, 2.24) is 20.4 Å². The molecule has 128 valence electrons. The van der Waals surface area contributed by atoms with E-state index in [0.717, 1.165) is 40.4 Å². The van der Waals surface area contributed by atoms with E-state index in [9.17, 15) is 4.79 Å². The van der Waals surface area contributed by atoms with Gasteiger partial charge in [-0.2, -0.15) is 5.10 Å². The second-order valence-corrected chi connectivity index (χ2v) is 6.65. The van der Waals surface area contributed by atoms with Gasteiger partial charge in [0.15, 0.2) is 5.69 Å². The number of aromatic amines is 1. The largest absolute Gasteiger partial charge is 0.496 e. The Hall–Kier alpha value is -1.99. The highest BCUT2D eigenvalue weighted by Crippen LogP contribution is 2.29. The molecule has 0 unspecified atom stereocenters. The first kappa shape index (κ1) is 16.9. The van der Waals surface area contributed by atoms with Gasteiger partial charge in [0.1, 0.15) is 5.75 Å². The maximum Gasteiger partial charge on any atom is 0.274 e. The molecule has 1 amide bonds. The molecule has 2 N–H and O–H groups in total. The normalized spacial score (nSPS) is 13.5. The quantitative estimate of drug-likeness (QED) is 0.811. The van der Waals surface area contributed by atoms with E-state index in [1.165, 1.54) is 0 Å². The number of hydrogen-bond donors (Lipinski definition) is 2. The van der Waals surface area contributed by atoms with Crippen LogP contribution in [0.5, 0.6) is 5.75 Å². The molecule has 0 aliphatic carbocycles. The highest BCUT2D eigenvalue weighted by Gasteiger charge is 2.24. The van der Waals surface area contributed by atoms with Crippen LogP contribution < -0.4 is 10.1 Å². The topological polar surface area (TPSA) is 70.2 Å². The van der Waals surface area contributed by atoms with E-state index in [1.54, 1.807) is 30.8 Å². The minimum Gasteiger partial charge on any atom is -0.496 e. The van der Waals surface area contributed by atoms with Crippen molar-refractivity contribution in [2.24, 2.45) is 0 Å². The number of hydrogen-bond acceptors (Lipinski definition) is 5. The molecule has 1 aliphatic rings. The Labute approximate surface area is 146 Å². The Kier molecular flexibility index (Phi) is 5.11. The van der Waals surface area contributed by atoms with Crippen LogP contribution >= 0.6 is 11.8 Å². The number of carbonyl (C=O) groups excluding carboxylic acids is 1. The Bertz CT molecular complexity index is 744. The van der Waals surface area contributed by atoms with Gasteiger partial charge in [0.25, 0.3) is 5.91 Å². The first-order valence-corrected chi connectivity index (χ1v) is 9.09. The van der Waals surface area contributed by atoms with E-state index >= 15 is 0 Å². The van der Waals surface area contributed by atoms with Crippen molar-refractivity contribution < 1.29 is 9.53 Å². The summed E-state index contributed by atoms with van der Waals surface area (Å²) in [5.74, 6) is 0.770. The highest BCUT2D eigenvalue weighted by atomic mass is 32.2. The van der Waals surface area contributed by atoms with Crippen molar-refractivity contribution in [2.75, 3.05) is 27.0 Å². The average Bonchev–Trinajstić information content (AvgIpc) is 3.04. The lowest BCUT2D eigenvalue weighted by atomic mass is 10.1. The highest BCUT2D eigenvalue weighted by molar-refractivity contribution is 7.98. The summed E-state index contributed by atoms with van der Waals surface area (Å²) in [4.78, 5) is 15.5. The Morgan fingerprint density at radius 1 is 1.46 bits per heavy atom. The number of thioether (sulfide) groups is 1. The summed E-state index contributed by atoms with van der Waals surface area (Å²) >= 11 is 1.64. The van der Waals surface area contributed by atoms with Crippen LogP contribution in [0.3, 0.4) is 0 Å². The lowest BCUT2D eigenvalue weighted by molar-refractivity contribution is 0.0777. The van der Waals surface area contributed by atoms with Gasteiger partial charge in [-0.15, -0.1) is 11.8 Å². The van der Waals surface area contributed by atoms with Crippen LogP contribution in [-0.4, -0.2) is 48.0 Å². The monoisotopic (exact) mass is 346 g/mol. The van der Waals surface area contributed by atoms with Gasteiger partial charge in [-0.3, -0.25) is 9.89 Å². The molecule has 1 aliphatic heterocycles. The number of methoxy groups -OCH3 is 1. The van der Waals surface area contributed by atoms with Gasteiger partial charge in [0.2, 0.25) is 0 Å². The van der Waals surface area contributed by atoms with Crippen LogP contribution in [0.1, 0.15) is 27.3 Å². The van der Waals surface area contributed by atoms with E-state index in [0.29, 0.717) is 18.8 Å². The van der Waals surface area contributed by atoms with Gasteiger partial charge in [-0.1, -0.05) is 6.07 Å². The maximum absolute atomic E-state index is 12.7. The summed E-state index contributed by atoms with van der Waals surface area (Å²) < 4.78 is 5.42. The number of rotatable bonds is 5. The molecule has 0 bridgehead atoms. The second-order valence-electron chi connectivity index (χ2n) is 5.81. The van der Waals surface area contributed by atoms with Crippen molar-refractivity contribution in [1.29, 1.82) is 0 Å². The zero-order valence-corrected chi connectivity index (χ0v) is 15.0. The van der Waals surface area contributed by atoms with Crippen LogP contribution in [0.15, 0.2) is 23.1 Å². The number of benzene rings is 1. The summed E-state index contributed by atoms with van der Waals surface area (Å²) in [5.41, 5.74) is 3.61. The van der Waals surface area contributed by atoms with Gasteiger partial charge in [0, 0.05) is 49.3 Å². The molecule has 1 aromatic heterocycles. The molecule has 0 atom stereocenters. The molecular formula is C17H22N4O2S. The third-order valence-corrected chi connectivity index (χ3v) is 5.00. The van der Waals surface area contributed by atoms with Crippen LogP contribution in [0.4, 0.5) is 0 Å². The molecule has 1 aromatic carbocycles. The molecule has 0 radical (unpaired) electrons. The number of H-pyrrole nitrogens is 1. The molecule has 2 aromatic rings. The lowest BCUT2D eigenvalue weighted by Crippen LogP contribution is -2.30. The number of nitrogens with zero attached hydrogens (tertiary/aromatic N) is 2. The number of ether oxygens (including phenoxy) is 1. The van der Waals surface area contributed by atoms with Crippen LogP contribution in [0.25, 0.3) is 0 Å². The van der Waals surface area contributed by atoms with Gasteiger partial charge in [-0.05, 0) is 24.0 Å². The van der Waals surface area contributed by atoms with E-state index < -0.39 is 0 Å². The first-order valence-electron chi connectivity index (χ1n) is 7.87. The predicted octanol–water partition coefficient (Wildman–Crippen LogP) is 2.06. The SMILES string of the molecule is COc1cc(CN(C)C(=O)c2n[nH]c3c2CNCC3)ccc1SC. The number of nitrogens with one attached hydrogen (secondary N) is 2. The van der Waals surface area contributed by atoms with Crippen molar-refractivity contribution in [2.45, 2.75) is 24.4 Å². The zero-order chi connectivity index (χ0) is 17.1. The fraction of sp³-hybridized carbons (Fsp3) is 0.412. The first-order chi connectivity index (χ1) is 11.6. The molecule has 6 nitrogen and oxygen atoms in total. The molecular weight excluding hydrogens is 324 g/mol. The fourth-order valence-electron chi connectivity index (χ4n) is 2.91. The molecule has 0 saturated heterocycles. The maximum atomic E-state index is 12.7. The van der Waals surface area contributed by atoms with E-state index in [4.69, 9.17) is 4.74 Å². The third-order valence-electron chi connectivity index (χ3n) is 4.22. The predicted molar refractivity (Wildman–Crippen MR) is 94.6 cm³/mol. The number of fused-ring (bicyclic) bond motifs is 1. The fourth-order valence-corrected chi connectivity index (χ4v) is 3.46. The van der Waals surface area contributed by atoms with Crippen molar-refractivity contribution >= 4 is 17.7 Å². The van der Waals surface area contributed by atoms with Gasteiger partial charge in [-0.25, -0.2) is 0 Å². The van der Waals surface area contributed by atoms with Crippen LogP contribution in [-0.2, 0) is 19.5 Å². The summed E-state index contributed by atoms with van der Waals surface area (Å²) in [6, 6.07) is 6.04. The summed E-state index contributed by atoms with van der Waals surface area (Å²) in [5, 5.41) is 10.5. The Morgan fingerprint density at radius 2 is 2.29 bits per heavy atom. The van der Waals surface area contributed by atoms with Crippen molar-refractivity contribution in [3.05, 3.63) is 40.7 Å². The smallest absolute Gasteiger partial charge is 0.274 e. The van der Waals surface area contributed by atoms with Gasteiger partial charge in [0.05, 0.1) is 7.11 Å². The molecule has 0 spiro atoms. The minimum absolute atomic E-state index is 0.0656. The van der Waals surface area contributed by atoms with Gasteiger partial charge >= 0.3 is 0 Å². The zero-order valence-electron chi connectivity index (χ0n) is 14.2. The molecule has 0 saturated carbocycles. The summed E-state index contributed by atoms with van der Waals surface area (Å²) in [7, 11) is 3.46. The Morgan fingerprint density at radius 3 is 3.04 bits per heavy atom.